The van der Waals surface area contributed by atoms with E-state index >= 15 is 0 Å². The summed E-state index contributed by atoms with van der Waals surface area (Å²) in [6.45, 7) is 3.38. The smallest absolute Gasteiger partial charge is 0.326 e. The molecule has 0 aromatic rings. The van der Waals surface area contributed by atoms with E-state index in [2.05, 4.69) is 15.4 Å². The zero-order valence-corrected chi connectivity index (χ0v) is 11.9. The second-order valence-corrected chi connectivity index (χ2v) is 5.03. The van der Waals surface area contributed by atoms with Crippen LogP contribution in [0.5, 0.6) is 0 Å². The van der Waals surface area contributed by atoms with Crippen LogP contribution in [-0.4, -0.2) is 49.2 Å². The van der Waals surface area contributed by atoms with E-state index < -0.39 is 23.4 Å². The van der Waals surface area contributed by atoms with Gasteiger partial charge in [-0.25, -0.2) is 4.79 Å². The Bertz CT molecular complexity index is 377. The summed E-state index contributed by atoms with van der Waals surface area (Å²) in [6, 6.07) is -1.24. The average Bonchev–Trinajstić information content (AvgIpc) is 2.46. The maximum Gasteiger partial charge on any atom is 0.326 e. The number of hydrogen-bond acceptors (Lipinski definition) is 5. The zero-order chi connectivity index (χ0) is 15.2. The van der Waals surface area contributed by atoms with Crippen molar-refractivity contribution in [1.82, 2.24) is 10.6 Å². The minimum atomic E-state index is -1.24. The van der Waals surface area contributed by atoms with Crippen LogP contribution in [-0.2, 0) is 19.1 Å². The van der Waals surface area contributed by atoms with E-state index in [0.717, 1.165) is 13.1 Å². The highest BCUT2D eigenvalue weighted by molar-refractivity contribution is 5.89. The maximum atomic E-state index is 12.4. The normalized spacial score (nSPS) is 18.9. The molecule has 0 bridgehead atoms. The summed E-state index contributed by atoms with van der Waals surface area (Å²) >= 11 is 0. The van der Waals surface area contributed by atoms with E-state index in [0.29, 0.717) is 19.3 Å². The van der Waals surface area contributed by atoms with Crippen molar-refractivity contribution in [2.75, 3.05) is 20.2 Å². The molecule has 0 spiro atoms. The molecule has 7 nitrogen and oxygen atoms in total. The first-order valence-electron chi connectivity index (χ1n) is 6.76. The van der Waals surface area contributed by atoms with Crippen molar-refractivity contribution in [3.8, 4) is 0 Å². The van der Waals surface area contributed by atoms with Crippen LogP contribution in [0.15, 0.2) is 0 Å². The summed E-state index contributed by atoms with van der Waals surface area (Å²) in [4.78, 5) is 34.7. The van der Waals surface area contributed by atoms with Gasteiger partial charge in [0.05, 0.1) is 18.9 Å². The van der Waals surface area contributed by atoms with E-state index in [1.807, 2.05) is 6.92 Å². The van der Waals surface area contributed by atoms with Gasteiger partial charge in [-0.15, -0.1) is 0 Å². The molecule has 0 aromatic carbocycles. The molecule has 1 fully saturated rings. The minimum Gasteiger partial charge on any atom is -0.480 e. The SMILES string of the molecule is CCC1(C(=O)N[C@@H](CC(=O)OC)C(=O)O)CCNCC1. The number of carbonyl (C=O) groups is 3. The monoisotopic (exact) mass is 286 g/mol. The number of hydrogen-bond donors (Lipinski definition) is 3. The molecule has 0 aliphatic carbocycles. The fraction of sp³-hybridized carbons (Fsp3) is 0.769. The van der Waals surface area contributed by atoms with Crippen molar-refractivity contribution in [2.24, 2.45) is 5.41 Å². The Labute approximate surface area is 118 Å². The average molecular weight is 286 g/mol. The van der Waals surface area contributed by atoms with Gasteiger partial charge in [-0.1, -0.05) is 6.92 Å². The van der Waals surface area contributed by atoms with Crippen LogP contribution < -0.4 is 10.6 Å². The standard InChI is InChI=1S/C13H22N2O5/c1-3-13(4-6-14-7-5-13)12(19)15-9(11(17)18)8-10(16)20-2/h9,14H,3-8H2,1-2H3,(H,15,19)(H,17,18)/t9-/m0/s1. The molecule has 7 heteroatoms. The van der Waals surface area contributed by atoms with Crippen LogP contribution in [0.1, 0.15) is 32.6 Å². The molecule has 1 atom stereocenters. The molecule has 0 saturated carbocycles. The fourth-order valence-corrected chi connectivity index (χ4v) is 2.41. The summed E-state index contributed by atoms with van der Waals surface area (Å²) < 4.78 is 4.45. The molecule has 1 rings (SSSR count). The second kappa shape index (κ2) is 7.23. The van der Waals surface area contributed by atoms with Gasteiger partial charge in [-0.3, -0.25) is 9.59 Å². The Morgan fingerprint density at radius 3 is 2.40 bits per heavy atom. The Balaban J connectivity index is 2.73. The number of esters is 1. The summed E-state index contributed by atoms with van der Waals surface area (Å²) in [6.07, 6.45) is 1.61. The van der Waals surface area contributed by atoms with Gasteiger partial charge in [-0.05, 0) is 32.4 Å². The number of rotatable bonds is 6. The molecular formula is C13H22N2O5. The number of aliphatic carboxylic acids is 1. The molecule has 1 saturated heterocycles. The Kier molecular flexibility index (Phi) is 5.94. The van der Waals surface area contributed by atoms with E-state index in [-0.39, 0.29) is 12.3 Å². The molecule has 1 amide bonds. The highest BCUT2D eigenvalue weighted by atomic mass is 16.5. The molecule has 1 heterocycles. The van der Waals surface area contributed by atoms with Crippen LogP contribution in [0.4, 0.5) is 0 Å². The molecule has 3 N–H and O–H groups in total. The van der Waals surface area contributed by atoms with Crippen LogP contribution in [0.3, 0.4) is 0 Å². The van der Waals surface area contributed by atoms with Crippen molar-refractivity contribution in [3.05, 3.63) is 0 Å². The predicted molar refractivity (Wildman–Crippen MR) is 71.0 cm³/mol. The molecule has 0 unspecified atom stereocenters. The summed E-state index contributed by atoms with van der Waals surface area (Å²) in [7, 11) is 1.18. The number of amides is 1. The van der Waals surface area contributed by atoms with Gasteiger partial charge in [-0.2, -0.15) is 0 Å². The van der Waals surface area contributed by atoms with E-state index in [1.165, 1.54) is 7.11 Å². The third-order valence-corrected chi connectivity index (χ3v) is 3.92. The van der Waals surface area contributed by atoms with Crippen molar-refractivity contribution in [3.63, 3.8) is 0 Å². The van der Waals surface area contributed by atoms with Gasteiger partial charge in [0.15, 0.2) is 0 Å². The van der Waals surface area contributed by atoms with Crippen molar-refractivity contribution < 1.29 is 24.2 Å². The molecule has 0 aromatic heterocycles. The van der Waals surface area contributed by atoms with E-state index in [9.17, 15) is 14.4 Å². The quantitative estimate of drug-likeness (QED) is 0.589. The van der Waals surface area contributed by atoms with Crippen LogP contribution in [0.25, 0.3) is 0 Å². The lowest BCUT2D eigenvalue weighted by Crippen LogP contribution is -2.52. The lowest BCUT2D eigenvalue weighted by Gasteiger charge is -2.36. The molecule has 114 valence electrons. The Morgan fingerprint density at radius 1 is 1.35 bits per heavy atom. The van der Waals surface area contributed by atoms with E-state index in [1.54, 1.807) is 0 Å². The molecule has 1 aliphatic heterocycles. The highest BCUT2D eigenvalue weighted by Crippen LogP contribution is 2.32. The maximum absolute atomic E-state index is 12.4. The van der Waals surface area contributed by atoms with Gasteiger partial charge in [0.25, 0.3) is 0 Å². The summed E-state index contributed by atoms with van der Waals surface area (Å²) in [5.41, 5.74) is -0.547. The lowest BCUT2D eigenvalue weighted by molar-refractivity contribution is -0.150. The van der Waals surface area contributed by atoms with Crippen LogP contribution in [0.2, 0.25) is 0 Å². The number of carboxylic acids is 1. The van der Waals surface area contributed by atoms with E-state index in [4.69, 9.17) is 5.11 Å². The number of ether oxygens (including phenoxy) is 1. The topological polar surface area (TPSA) is 105 Å². The van der Waals surface area contributed by atoms with Gasteiger partial charge >= 0.3 is 11.9 Å². The number of carboxylic acid groups (broad SMARTS) is 1. The van der Waals surface area contributed by atoms with Crippen molar-refractivity contribution >= 4 is 17.8 Å². The third-order valence-electron chi connectivity index (χ3n) is 3.92. The lowest BCUT2D eigenvalue weighted by atomic mass is 9.75. The molecule has 20 heavy (non-hydrogen) atoms. The predicted octanol–water partition coefficient (Wildman–Crippen LogP) is -0.101. The Morgan fingerprint density at radius 2 is 1.95 bits per heavy atom. The van der Waals surface area contributed by atoms with Crippen LogP contribution >= 0.6 is 0 Å². The number of methoxy groups -OCH3 is 1. The fourth-order valence-electron chi connectivity index (χ4n) is 2.41. The first-order chi connectivity index (χ1) is 9.45. The largest absolute Gasteiger partial charge is 0.480 e. The number of piperidine rings is 1. The van der Waals surface area contributed by atoms with Gasteiger partial charge in [0, 0.05) is 0 Å². The van der Waals surface area contributed by atoms with Gasteiger partial charge in [0.1, 0.15) is 6.04 Å². The molecule has 0 radical (unpaired) electrons. The van der Waals surface area contributed by atoms with Gasteiger partial charge < -0.3 is 20.5 Å². The van der Waals surface area contributed by atoms with Crippen molar-refractivity contribution in [2.45, 2.75) is 38.6 Å². The number of carbonyl (C=O) groups excluding carboxylic acids is 2. The third kappa shape index (κ3) is 3.93. The second-order valence-electron chi connectivity index (χ2n) is 5.03. The summed E-state index contributed by atoms with van der Waals surface area (Å²) in [5, 5.41) is 14.7. The molecule has 1 aliphatic rings. The molecular weight excluding hydrogens is 264 g/mol. The van der Waals surface area contributed by atoms with Crippen LogP contribution in [0, 0.1) is 5.41 Å². The summed E-state index contributed by atoms with van der Waals surface area (Å²) in [5.74, 6) is -2.18. The first kappa shape index (κ1) is 16.4. The van der Waals surface area contributed by atoms with Crippen molar-refractivity contribution in [1.29, 1.82) is 0 Å². The first-order valence-corrected chi connectivity index (χ1v) is 6.76. The highest BCUT2D eigenvalue weighted by Gasteiger charge is 2.39. The number of nitrogens with one attached hydrogen (secondary N) is 2. The Hall–Kier alpha value is -1.63. The van der Waals surface area contributed by atoms with Gasteiger partial charge in [0.2, 0.25) is 5.91 Å². The minimum absolute atomic E-state index is 0.294. The zero-order valence-electron chi connectivity index (χ0n) is 11.9.